The van der Waals surface area contributed by atoms with E-state index in [0.717, 1.165) is 63.5 Å². The first-order valence-electron chi connectivity index (χ1n) is 12.8. The number of hydrogen-bond donors (Lipinski definition) is 4. The lowest BCUT2D eigenvalue weighted by molar-refractivity contribution is 0.0484. The predicted molar refractivity (Wildman–Crippen MR) is 136 cm³/mol. The second kappa shape index (κ2) is 16.3. The van der Waals surface area contributed by atoms with Gasteiger partial charge in [-0.1, -0.05) is 64.2 Å². The Morgan fingerprint density at radius 3 is 1.11 bits per heavy atom. The third kappa shape index (κ3) is 10.9. The quantitative estimate of drug-likeness (QED) is 0.148. The Hall–Kier alpha value is -3.42. The first-order chi connectivity index (χ1) is 17.4. The van der Waals surface area contributed by atoms with Crippen molar-refractivity contribution in [3.8, 4) is 23.0 Å². The van der Waals surface area contributed by atoms with Crippen LogP contribution in [0, 0.1) is 0 Å². The minimum atomic E-state index is -0.581. The molecule has 0 aliphatic rings. The standard InChI is InChI=1S/C28H38O8/c29-21-13-15-23(25(31)19-21)27(33)35-17-11-9-7-5-3-1-2-4-6-8-10-12-18-36-28(34)24-16-14-22(30)20-26(24)32/h13-16,19-20,29-32H,1-12,17-18H2. The van der Waals surface area contributed by atoms with Crippen molar-refractivity contribution in [3.63, 3.8) is 0 Å². The van der Waals surface area contributed by atoms with E-state index in [1.54, 1.807) is 0 Å². The molecule has 8 heteroatoms. The Bertz CT molecular complexity index is 879. The molecule has 8 nitrogen and oxygen atoms in total. The van der Waals surface area contributed by atoms with E-state index >= 15 is 0 Å². The topological polar surface area (TPSA) is 134 Å². The van der Waals surface area contributed by atoms with Gasteiger partial charge in [0.05, 0.1) is 13.2 Å². The molecule has 4 N–H and O–H groups in total. The summed E-state index contributed by atoms with van der Waals surface area (Å²) in [6.45, 7) is 0.634. The predicted octanol–water partition coefficient (Wildman–Crippen LogP) is 6.20. The van der Waals surface area contributed by atoms with Gasteiger partial charge in [0, 0.05) is 12.1 Å². The first kappa shape index (κ1) is 28.8. The molecule has 0 aliphatic heterocycles. The third-order valence-electron chi connectivity index (χ3n) is 5.91. The van der Waals surface area contributed by atoms with Crippen LogP contribution in [0.15, 0.2) is 36.4 Å². The van der Waals surface area contributed by atoms with Crippen LogP contribution in [0.1, 0.15) is 97.8 Å². The average molecular weight is 503 g/mol. The molecule has 198 valence electrons. The highest BCUT2D eigenvalue weighted by atomic mass is 16.5. The second-order valence-electron chi connectivity index (χ2n) is 8.92. The van der Waals surface area contributed by atoms with E-state index in [9.17, 15) is 30.0 Å². The molecule has 2 aromatic rings. The van der Waals surface area contributed by atoms with Crippen LogP contribution >= 0.6 is 0 Å². The average Bonchev–Trinajstić information content (AvgIpc) is 2.83. The van der Waals surface area contributed by atoms with Gasteiger partial charge in [0.25, 0.3) is 0 Å². The maximum atomic E-state index is 11.9. The number of unbranched alkanes of at least 4 members (excludes halogenated alkanes) is 11. The van der Waals surface area contributed by atoms with Crippen molar-refractivity contribution in [2.75, 3.05) is 13.2 Å². The van der Waals surface area contributed by atoms with Gasteiger partial charge in [-0.3, -0.25) is 0 Å². The molecular weight excluding hydrogens is 464 g/mol. The maximum Gasteiger partial charge on any atom is 0.341 e. The van der Waals surface area contributed by atoms with Gasteiger partial charge in [-0.05, 0) is 37.1 Å². The van der Waals surface area contributed by atoms with Crippen LogP contribution in [-0.4, -0.2) is 45.6 Å². The van der Waals surface area contributed by atoms with Gasteiger partial charge in [0.2, 0.25) is 0 Å². The number of ether oxygens (including phenoxy) is 2. The van der Waals surface area contributed by atoms with Crippen molar-refractivity contribution in [2.24, 2.45) is 0 Å². The fourth-order valence-electron chi connectivity index (χ4n) is 3.84. The van der Waals surface area contributed by atoms with Gasteiger partial charge in [-0.2, -0.15) is 0 Å². The summed E-state index contributed by atoms with van der Waals surface area (Å²) in [6.07, 6.45) is 12.9. The van der Waals surface area contributed by atoms with E-state index in [1.165, 1.54) is 49.9 Å². The fourth-order valence-corrected chi connectivity index (χ4v) is 3.84. The van der Waals surface area contributed by atoms with Gasteiger partial charge >= 0.3 is 11.9 Å². The molecular formula is C28H38O8. The van der Waals surface area contributed by atoms with Crippen molar-refractivity contribution in [3.05, 3.63) is 47.5 Å². The Labute approximate surface area is 212 Å². The van der Waals surface area contributed by atoms with Crippen molar-refractivity contribution in [2.45, 2.75) is 77.0 Å². The molecule has 0 heterocycles. The number of rotatable bonds is 17. The molecule has 2 rings (SSSR count). The molecule has 0 saturated heterocycles. The summed E-state index contributed by atoms with van der Waals surface area (Å²) in [6, 6.07) is 7.60. The number of esters is 2. The molecule has 0 spiro atoms. The molecule has 0 atom stereocenters. The summed E-state index contributed by atoms with van der Waals surface area (Å²) in [5.74, 6) is -1.93. The Kier molecular flexibility index (Phi) is 13.0. The minimum absolute atomic E-state index is 0.0583. The SMILES string of the molecule is O=C(OCCCCCCCCCCCCCCOC(=O)c1ccc(O)cc1O)c1ccc(O)cc1O. The summed E-state index contributed by atoms with van der Waals surface area (Å²) < 4.78 is 10.3. The molecule has 0 bridgehead atoms. The van der Waals surface area contributed by atoms with Gasteiger partial charge < -0.3 is 29.9 Å². The van der Waals surface area contributed by atoms with Crippen LogP contribution in [0.5, 0.6) is 23.0 Å². The van der Waals surface area contributed by atoms with E-state index in [1.807, 2.05) is 0 Å². The van der Waals surface area contributed by atoms with Crippen molar-refractivity contribution < 1.29 is 39.5 Å². The van der Waals surface area contributed by atoms with E-state index in [2.05, 4.69) is 0 Å². The van der Waals surface area contributed by atoms with Gasteiger partial charge in [0.1, 0.15) is 34.1 Å². The lowest BCUT2D eigenvalue weighted by Gasteiger charge is -2.07. The number of benzene rings is 2. The largest absolute Gasteiger partial charge is 0.508 e. The van der Waals surface area contributed by atoms with Gasteiger partial charge in [0.15, 0.2) is 0 Å². The normalized spacial score (nSPS) is 10.8. The molecule has 36 heavy (non-hydrogen) atoms. The summed E-state index contributed by atoms with van der Waals surface area (Å²) >= 11 is 0. The zero-order valence-electron chi connectivity index (χ0n) is 20.8. The summed E-state index contributed by atoms with van der Waals surface area (Å²) in [5, 5.41) is 37.8. The third-order valence-corrected chi connectivity index (χ3v) is 5.91. The highest BCUT2D eigenvalue weighted by Crippen LogP contribution is 2.24. The second-order valence-corrected chi connectivity index (χ2v) is 8.92. The van der Waals surface area contributed by atoms with Crippen molar-refractivity contribution in [1.82, 2.24) is 0 Å². The molecule has 0 fully saturated rings. The zero-order chi connectivity index (χ0) is 26.2. The smallest absolute Gasteiger partial charge is 0.341 e. The molecule has 0 unspecified atom stereocenters. The monoisotopic (exact) mass is 502 g/mol. The van der Waals surface area contributed by atoms with Crippen LogP contribution in [0.2, 0.25) is 0 Å². The van der Waals surface area contributed by atoms with Crippen LogP contribution in [0.25, 0.3) is 0 Å². The number of phenolic OH excluding ortho intramolecular Hbond substituents is 4. The first-order valence-corrected chi connectivity index (χ1v) is 12.8. The van der Waals surface area contributed by atoms with Crippen LogP contribution in [0.4, 0.5) is 0 Å². The lowest BCUT2D eigenvalue weighted by atomic mass is 10.1. The van der Waals surface area contributed by atoms with E-state index in [0.29, 0.717) is 13.2 Å². The van der Waals surface area contributed by atoms with Gasteiger partial charge in [-0.15, -0.1) is 0 Å². The molecule has 0 saturated carbocycles. The number of carbonyl (C=O) groups is 2. The Morgan fingerprint density at radius 2 is 0.806 bits per heavy atom. The summed E-state index contributed by atoms with van der Waals surface area (Å²) in [7, 11) is 0. The van der Waals surface area contributed by atoms with Crippen LogP contribution < -0.4 is 0 Å². The number of aromatic hydroxyl groups is 4. The molecule has 0 radical (unpaired) electrons. The van der Waals surface area contributed by atoms with Crippen LogP contribution in [0.3, 0.4) is 0 Å². The molecule has 0 amide bonds. The summed E-state index contributed by atoms with van der Waals surface area (Å²) in [4.78, 5) is 23.8. The minimum Gasteiger partial charge on any atom is -0.508 e. The number of carbonyl (C=O) groups excluding carboxylic acids is 2. The Morgan fingerprint density at radius 1 is 0.500 bits per heavy atom. The highest BCUT2D eigenvalue weighted by Gasteiger charge is 2.13. The number of phenols is 4. The van der Waals surface area contributed by atoms with Crippen molar-refractivity contribution in [1.29, 1.82) is 0 Å². The van der Waals surface area contributed by atoms with E-state index < -0.39 is 11.9 Å². The lowest BCUT2D eigenvalue weighted by Crippen LogP contribution is -2.06. The maximum absolute atomic E-state index is 11.9. The van der Waals surface area contributed by atoms with Gasteiger partial charge in [-0.25, -0.2) is 9.59 Å². The van der Waals surface area contributed by atoms with Crippen molar-refractivity contribution >= 4 is 11.9 Å². The van der Waals surface area contributed by atoms with Crippen LogP contribution in [-0.2, 0) is 9.47 Å². The van der Waals surface area contributed by atoms with E-state index in [-0.39, 0.29) is 34.1 Å². The summed E-state index contributed by atoms with van der Waals surface area (Å²) in [5.41, 5.74) is 0.117. The molecule has 0 aliphatic carbocycles. The molecule has 0 aromatic heterocycles. The molecule has 2 aromatic carbocycles. The number of hydrogen-bond acceptors (Lipinski definition) is 8. The fraction of sp³-hybridized carbons (Fsp3) is 0.500. The highest BCUT2D eigenvalue weighted by molar-refractivity contribution is 5.93. The van der Waals surface area contributed by atoms with E-state index in [4.69, 9.17) is 9.47 Å². The zero-order valence-corrected chi connectivity index (χ0v) is 20.8. The Balaban J connectivity index is 1.35.